The normalized spacial score (nSPS) is 13.4. The molecular weight excluding hydrogens is 379 g/mol. The molecule has 0 saturated heterocycles. The first-order valence-corrected chi connectivity index (χ1v) is 9.59. The van der Waals surface area contributed by atoms with Crippen molar-refractivity contribution in [1.29, 1.82) is 0 Å². The molecule has 1 N–H and O–H groups in total. The van der Waals surface area contributed by atoms with Gasteiger partial charge in [-0.05, 0) is 47.9 Å². The fourth-order valence-electron chi connectivity index (χ4n) is 3.16. The molecule has 0 saturated carbocycles. The Labute approximate surface area is 165 Å². The summed E-state index contributed by atoms with van der Waals surface area (Å²) in [5.41, 5.74) is 3.10. The van der Waals surface area contributed by atoms with E-state index < -0.39 is 0 Å². The summed E-state index contributed by atoms with van der Waals surface area (Å²) in [7, 11) is 1.74. The summed E-state index contributed by atoms with van der Waals surface area (Å²) in [5, 5.41) is 11.9. The maximum Gasteiger partial charge on any atom is 0.257 e. The standard InChI is InChI=1S/C20H17FN4O2S/c1-25-16-7-5-14(11-13(16)6-8-18(25)26)19(27)22-20-24-23-17(28-20)10-12-3-2-4-15(21)9-12/h2-5,7,9,11H,6,8,10H2,1H3,(H,22,24,27). The second-order valence-corrected chi connectivity index (χ2v) is 7.62. The minimum Gasteiger partial charge on any atom is -0.315 e. The van der Waals surface area contributed by atoms with Gasteiger partial charge in [0.25, 0.3) is 5.91 Å². The molecule has 142 valence electrons. The van der Waals surface area contributed by atoms with Crippen LogP contribution in [0.5, 0.6) is 0 Å². The Morgan fingerprint density at radius 1 is 1.21 bits per heavy atom. The zero-order chi connectivity index (χ0) is 19.7. The Morgan fingerprint density at radius 2 is 2.07 bits per heavy atom. The van der Waals surface area contributed by atoms with E-state index in [9.17, 15) is 14.0 Å². The number of nitrogens with zero attached hydrogens (tertiary/aromatic N) is 3. The summed E-state index contributed by atoms with van der Waals surface area (Å²) in [6.07, 6.45) is 1.51. The van der Waals surface area contributed by atoms with E-state index >= 15 is 0 Å². The lowest BCUT2D eigenvalue weighted by molar-refractivity contribution is -0.118. The Hall–Kier alpha value is -3.13. The lowest BCUT2D eigenvalue weighted by Crippen LogP contribution is -2.31. The van der Waals surface area contributed by atoms with Crippen LogP contribution in [0, 0.1) is 5.82 Å². The number of fused-ring (bicyclic) bond motifs is 1. The topological polar surface area (TPSA) is 75.2 Å². The zero-order valence-electron chi connectivity index (χ0n) is 15.1. The summed E-state index contributed by atoms with van der Waals surface area (Å²) < 4.78 is 13.3. The van der Waals surface area contributed by atoms with Crippen LogP contribution in [0.4, 0.5) is 15.2 Å². The molecule has 4 rings (SSSR count). The van der Waals surface area contributed by atoms with Crippen LogP contribution in [-0.2, 0) is 17.6 Å². The van der Waals surface area contributed by atoms with E-state index in [0.717, 1.165) is 16.8 Å². The van der Waals surface area contributed by atoms with Gasteiger partial charge in [-0.1, -0.05) is 23.5 Å². The Bertz CT molecular complexity index is 1070. The number of amides is 2. The van der Waals surface area contributed by atoms with E-state index in [-0.39, 0.29) is 17.6 Å². The van der Waals surface area contributed by atoms with Crippen molar-refractivity contribution in [1.82, 2.24) is 10.2 Å². The first kappa shape index (κ1) is 18.2. The third kappa shape index (κ3) is 3.77. The highest BCUT2D eigenvalue weighted by molar-refractivity contribution is 7.15. The van der Waals surface area contributed by atoms with E-state index in [1.807, 2.05) is 12.1 Å². The predicted molar refractivity (Wildman–Crippen MR) is 105 cm³/mol. The number of halogens is 1. The average Bonchev–Trinajstić information content (AvgIpc) is 3.11. The molecule has 8 heteroatoms. The van der Waals surface area contributed by atoms with Crippen molar-refractivity contribution in [2.75, 3.05) is 17.3 Å². The molecule has 0 aliphatic carbocycles. The quantitative estimate of drug-likeness (QED) is 0.733. The van der Waals surface area contributed by atoms with Crippen molar-refractivity contribution >= 4 is 34.0 Å². The van der Waals surface area contributed by atoms with Crippen molar-refractivity contribution in [3.63, 3.8) is 0 Å². The van der Waals surface area contributed by atoms with Gasteiger partial charge in [-0.3, -0.25) is 14.9 Å². The van der Waals surface area contributed by atoms with Gasteiger partial charge in [0.05, 0.1) is 0 Å². The van der Waals surface area contributed by atoms with Crippen LogP contribution >= 0.6 is 11.3 Å². The third-order valence-corrected chi connectivity index (χ3v) is 5.46. The number of rotatable bonds is 4. The molecule has 2 aromatic carbocycles. The molecule has 2 amide bonds. The van der Waals surface area contributed by atoms with Gasteiger partial charge in [-0.25, -0.2) is 4.39 Å². The van der Waals surface area contributed by atoms with Crippen LogP contribution in [0.25, 0.3) is 0 Å². The minimum atomic E-state index is -0.296. The van der Waals surface area contributed by atoms with Crippen LogP contribution in [0.2, 0.25) is 0 Å². The van der Waals surface area contributed by atoms with Gasteiger partial charge in [0.15, 0.2) is 0 Å². The fraction of sp³-hybridized carbons (Fsp3) is 0.200. The monoisotopic (exact) mass is 396 g/mol. The second kappa shape index (κ2) is 7.47. The molecular formula is C20H17FN4O2S. The third-order valence-electron chi connectivity index (χ3n) is 4.62. The van der Waals surface area contributed by atoms with E-state index in [1.54, 1.807) is 30.1 Å². The van der Waals surface area contributed by atoms with Gasteiger partial charge in [0, 0.05) is 31.1 Å². The molecule has 1 aliphatic rings. The van der Waals surface area contributed by atoms with Crippen LogP contribution in [0.1, 0.15) is 32.9 Å². The highest BCUT2D eigenvalue weighted by Gasteiger charge is 2.22. The molecule has 0 bridgehead atoms. The first-order chi connectivity index (χ1) is 13.5. The van der Waals surface area contributed by atoms with Crippen molar-refractivity contribution in [2.24, 2.45) is 0 Å². The van der Waals surface area contributed by atoms with Crippen molar-refractivity contribution in [3.05, 3.63) is 70.0 Å². The molecule has 28 heavy (non-hydrogen) atoms. The predicted octanol–water partition coefficient (Wildman–Crippen LogP) is 3.43. The average molecular weight is 396 g/mol. The number of carbonyl (C=O) groups is 2. The molecule has 1 aromatic heterocycles. The smallest absolute Gasteiger partial charge is 0.257 e. The Kier molecular flexibility index (Phi) is 4.87. The molecule has 0 fully saturated rings. The van der Waals surface area contributed by atoms with Gasteiger partial charge >= 0.3 is 0 Å². The van der Waals surface area contributed by atoms with Crippen molar-refractivity contribution in [2.45, 2.75) is 19.3 Å². The van der Waals surface area contributed by atoms with Gasteiger partial charge in [-0.15, -0.1) is 10.2 Å². The minimum absolute atomic E-state index is 0.0735. The van der Waals surface area contributed by atoms with Crippen molar-refractivity contribution < 1.29 is 14.0 Å². The number of anilines is 2. The molecule has 3 aromatic rings. The summed E-state index contributed by atoms with van der Waals surface area (Å²) in [5.74, 6) is -0.504. The van der Waals surface area contributed by atoms with Gasteiger partial charge < -0.3 is 4.90 Å². The molecule has 0 spiro atoms. The van der Waals surface area contributed by atoms with Crippen LogP contribution < -0.4 is 10.2 Å². The number of aromatic nitrogens is 2. The molecule has 0 radical (unpaired) electrons. The lowest BCUT2D eigenvalue weighted by Gasteiger charge is -2.25. The first-order valence-electron chi connectivity index (χ1n) is 8.77. The molecule has 2 heterocycles. The highest BCUT2D eigenvalue weighted by atomic mass is 32.1. The van der Waals surface area contributed by atoms with E-state index in [1.165, 1.54) is 23.5 Å². The van der Waals surface area contributed by atoms with Crippen molar-refractivity contribution in [3.8, 4) is 0 Å². The number of carbonyl (C=O) groups excluding carboxylic acids is 2. The Morgan fingerprint density at radius 3 is 2.89 bits per heavy atom. The maximum atomic E-state index is 13.3. The van der Waals surface area contributed by atoms with E-state index in [0.29, 0.717) is 35.0 Å². The summed E-state index contributed by atoms with van der Waals surface area (Å²) in [6.45, 7) is 0. The number of nitrogens with one attached hydrogen (secondary N) is 1. The van der Waals surface area contributed by atoms with E-state index in [4.69, 9.17) is 0 Å². The summed E-state index contributed by atoms with van der Waals surface area (Å²) in [4.78, 5) is 26.0. The SMILES string of the molecule is CN1C(=O)CCc2cc(C(=O)Nc3nnc(Cc4cccc(F)c4)s3)ccc21. The second-order valence-electron chi connectivity index (χ2n) is 6.56. The maximum absolute atomic E-state index is 13.3. The number of benzene rings is 2. The highest BCUT2D eigenvalue weighted by Crippen LogP contribution is 2.28. The molecule has 0 atom stereocenters. The van der Waals surface area contributed by atoms with E-state index in [2.05, 4.69) is 15.5 Å². The van der Waals surface area contributed by atoms with Crippen LogP contribution in [0.3, 0.4) is 0 Å². The number of hydrogen-bond acceptors (Lipinski definition) is 5. The Balaban J connectivity index is 1.46. The van der Waals surface area contributed by atoms with Gasteiger partial charge in [0.1, 0.15) is 10.8 Å². The van der Waals surface area contributed by atoms with Gasteiger partial charge in [0.2, 0.25) is 11.0 Å². The molecule has 0 unspecified atom stereocenters. The molecule has 6 nitrogen and oxygen atoms in total. The molecule has 1 aliphatic heterocycles. The number of hydrogen-bond donors (Lipinski definition) is 1. The van der Waals surface area contributed by atoms with Gasteiger partial charge in [-0.2, -0.15) is 0 Å². The summed E-state index contributed by atoms with van der Waals surface area (Å²) >= 11 is 1.26. The fourth-order valence-corrected chi connectivity index (χ4v) is 3.93. The summed E-state index contributed by atoms with van der Waals surface area (Å²) in [6, 6.07) is 11.6. The van der Waals surface area contributed by atoms with Crippen LogP contribution in [-0.4, -0.2) is 29.1 Å². The zero-order valence-corrected chi connectivity index (χ0v) is 15.9. The number of aryl methyl sites for hydroxylation is 1. The van der Waals surface area contributed by atoms with Crippen LogP contribution in [0.15, 0.2) is 42.5 Å². The lowest BCUT2D eigenvalue weighted by atomic mass is 9.99. The largest absolute Gasteiger partial charge is 0.315 e.